The van der Waals surface area contributed by atoms with E-state index in [1.807, 2.05) is 0 Å². The molecular formula is C11H7ClF2N4O4. The van der Waals surface area contributed by atoms with Crippen LogP contribution in [0.3, 0.4) is 0 Å². The zero-order chi connectivity index (χ0) is 16.3. The second-order valence-corrected chi connectivity index (χ2v) is 4.27. The molecule has 0 unspecified atom stereocenters. The van der Waals surface area contributed by atoms with Gasteiger partial charge in [0, 0.05) is 5.69 Å². The monoisotopic (exact) mass is 332 g/mol. The van der Waals surface area contributed by atoms with Gasteiger partial charge in [-0.2, -0.15) is 13.9 Å². The maximum atomic E-state index is 12.1. The SMILES string of the molecule is O=C(Nc1ccc(OC(F)F)c(Cl)c1)c1[nH]ncc1[N+](=O)[O-]. The van der Waals surface area contributed by atoms with Crippen molar-refractivity contribution in [2.24, 2.45) is 0 Å². The number of amides is 1. The predicted molar refractivity (Wildman–Crippen MR) is 71.3 cm³/mol. The fourth-order valence-corrected chi connectivity index (χ4v) is 1.77. The third-order valence-corrected chi connectivity index (χ3v) is 2.74. The Morgan fingerprint density at radius 1 is 1.50 bits per heavy atom. The van der Waals surface area contributed by atoms with Crippen LogP contribution in [0, 0.1) is 10.1 Å². The Labute approximate surface area is 126 Å². The van der Waals surface area contributed by atoms with E-state index < -0.39 is 23.1 Å². The maximum Gasteiger partial charge on any atom is 0.387 e. The van der Waals surface area contributed by atoms with E-state index >= 15 is 0 Å². The summed E-state index contributed by atoms with van der Waals surface area (Å²) in [6.07, 6.45) is 0.890. The number of carbonyl (C=O) groups is 1. The Morgan fingerprint density at radius 2 is 2.23 bits per heavy atom. The van der Waals surface area contributed by atoms with E-state index in [-0.39, 0.29) is 22.2 Å². The van der Waals surface area contributed by atoms with Crippen LogP contribution < -0.4 is 10.1 Å². The summed E-state index contributed by atoms with van der Waals surface area (Å²) in [6, 6.07) is 3.55. The van der Waals surface area contributed by atoms with E-state index in [4.69, 9.17) is 11.6 Å². The fourth-order valence-electron chi connectivity index (χ4n) is 1.55. The number of hydrogen-bond acceptors (Lipinski definition) is 5. The normalized spacial score (nSPS) is 10.5. The summed E-state index contributed by atoms with van der Waals surface area (Å²) in [5.74, 6) is -1.09. The molecular weight excluding hydrogens is 326 g/mol. The van der Waals surface area contributed by atoms with Gasteiger partial charge in [0.1, 0.15) is 11.9 Å². The Morgan fingerprint density at radius 3 is 2.82 bits per heavy atom. The molecule has 8 nitrogen and oxygen atoms in total. The molecule has 0 fully saturated rings. The van der Waals surface area contributed by atoms with E-state index in [1.165, 1.54) is 12.1 Å². The lowest BCUT2D eigenvalue weighted by Gasteiger charge is -2.09. The zero-order valence-corrected chi connectivity index (χ0v) is 11.3. The first kappa shape index (κ1) is 15.6. The quantitative estimate of drug-likeness (QED) is 0.646. The number of aromatic amines is 1. The number of carbonyl (C=O) groups excluding carboxylic acids is 1. The van der Waals surface area contributed by atoms with Crippen molar-refractivity contribution in [2.45, 2.75) is 6.61 Å². The van der Waals surface area contributed by atoms with E-state index in [0.717, 1.165) is 12.3 Å². The summed E-state index contributed by atoms with van der Waals surface area (Å²) < 4.78 is 28.3. The van der Waals surface area contributed by atoms with Crippen LogP contribution in [-0.2, 0) is 0 Å². The number of nitrogens with one attached hydrogen (secondary N) is 2. The zero-order valence-electron chi connectivity index (χ0n) is 10.5. The summed E-state index contributed by atoms with van der Waals surface area (Å²) in [6.45, 7) is -3.04. The average Bonchev–Trinajstić information content (AvgIpc) is 2.91. The first-order valence-corrected chi connectivity index (χ1v) is 5.99. The molecule has 2 rings (SSSR count). The third kappa shape index (κ3) is 3.47. The third-order valence-electron chi connectivity index (χ3n) is 2.45. The highest BCUT2D eigenvalue weighted by Gasteiger charge is 2.23. The molecule has 0 aliphatic carbocycles. The van der Waals surface area contributed by atoms with Crippen LogP contribution in [-0.4, -0.2) is 27.6 Å². The molecule has 0 bridgehead atoms. The minimum absolute atomic E-state index is 0.139. The van der Waals surface area contributed by atoms with Gasteiger partial charge in [-0.25, -0.2) is 0 Å². The molecule has 0 aliphatic heterocycles. The van der Waals surface area contributed by atoms with E-state index in [1.54, 1.807) is 0 Å². The topological polar surface area (TPSA) is 110 Å². The largest absolute Gasteiger partial charge is 0.433 e. The number of rotatable bonds is 5. The van der Waals surface area contributed by atoms with Gasteiger partial charge in [0.05, 0.1) is 9.95 Å². The van der Waals surface area contributed by atoms with Crippen molar-refractivity contribution in [3.63, 3.8) is 0 Å². The number of aromatic nitrogens is 2. The second kappa shape index (κ2) is 6.35. The molecule has 1 aromatic carbocycles. The van der Waals surface area contributed by atoms with Crippen LogP contribution >= 0.6 is 11.6 Å². The van der Waals surface area contributed by atoms with E-state index in [9.17, 15) is 23.7 Å². The molecule has 22 heavy (non-hydrogen) atoms. The lowest BCUT2D eigenvalue weighted by Crippen LogP contribution is -2.14. The van der Waals surface area contributed by atoms with Crippen molar-refractivity contribution < 1.29 is 23.2 Å². The Hall–Kier alpha value is -2.75. The predicted octanol–water partition coefficient (Wildman–Crippen LogP) is 2.83. The van der Waals surface area contributed by atoms with Crippen LogP contribution in [0.5, 0.6) is 5.75 Å². The molecule has 1 heterocycles. The number of nitrogens with zero attached hydrogens (tertiary/aromatic N) is 2. The van der Waals surface area contributed by atoms with Crippen molar-refractivity contribution in [3.05, 3.63) is 45.2 Å². The first-order chi connectivity index (χ1) is 10.4. The number of benzene rings is 1. The summed E-state index contributed by atoms with van der Waals surface area (Å²) in [5.41, 5.74) is -0.712. The molecule has 2 N–H and O–H groups in total. The van der Waals surface area contributed by atoms with Crippen molar-refractivity contribution in [1.82, 2.24) is 10.2 Å². The number of ether oxygens (including phenoxy) is 1. The molecule has 0 atom stereocenters. The highest BCUT2D eigenvalue weighted by atomic mass is 35.5. The average molecular weight is 333 g/mol. The molecule has 0 saturated heterocycles. The lowest BCUT2D eigenvalue weighted by atomic mass is 10.2. The Kier molecular flexibility index (Phi) is 4.51. The minimum Gasteiger partial charge on any atom is -0.433 e. The van der Waals surface area contributed by atoms with Crippen LogP contribution in [0.25, 0.3) is 0 Å². The summed E-state index contributed by atoms with van der Waals surface area (Å²) >= 11 is 5.73. The highest BCUT2D eigenvalue weighted by Crippen LogP contribution is 2.29. The van der Waals surface area contributed by atoms with Crippen LogP contribution in [0.2, 0.25) is 5.02 Å². The summed E-state index contributed by atoms with van der Waals surface area (Å²) in [5, 5.41) is 18.5. The molecule has 1 amide bonds. The van der Waals surface area contributed by atoms with Gasteiger partial charge in [0.15, 0.2) is 0 Å². The molecule has 0 saturated carbocycles. The Balaban J connectivity index is 2.17. The van der Waals surface area contributed by atoms with Crippen LogP contribution in [0.1, 0.15) is 10.5 Å². The molecule has 0 radical (unpaired) electrons. The van der Waals surface area contributed by atoms with Gasteiger partial charge >= 0.3 is 12.3 Å². The maximum absolute atomic E-state index is 12.1. The van der Waals surface area contributed by atoms with Crippen LogP contribution in [0.15, 0.2) is 24.4 Å². The fraction of sp³-hybridized carbons (Fsp3) is 0.0909. The number of alkyl halides is 2. The van der Waals surface area contributed by atoms with Gasteiger partial charge in [-0.05, 0) is 18.2 Å². The second-order valence-electron chi connectivity index (χ2n) is 3.87. The standard InChI is InChI=1S/C11H7ClF2N4O4/c12-6-3-5(1-2-8(6)22-11(13)14)16-10(19)9-7(18(20)21)4-15-17-9/h1-4,11H,(H,15,17)(H,16,19). The van der Waals surface area contributed by atoms with Gasteiger partial charge < -0.3 is 10.1 Å². The molecule has 0 aliphatic rings. The minimum atomic E-state index is -3.04. The van der Waals surface area contributed by atoms with Crippen molar-refractivity contribution in [1.29, 1.82) is 0 Å². The lowest BCUT2D eigenvalue weighted by molar-refractivity contribution is -0.385. The molecule has 116 valence electrons. The Bertz CT molecular complexity index is 722. The van der Waals surface area contributed by atoms with Gasteiger partial charge in [0.25, 0.3) is 5.91 Å². The molecule has 11 heteroatoms. The number of halogens is 3. The van der Waals surface area contributed by atoms with E-state index in [0.29, 0.717) is 0 Å². The number of H-pyrrole nitrogens is 1. The smallest absolute Gasteiger partial charge is 0.387 e. The van der Waals surface area contributed by atoms with Gasteiger partial charge in [-0.15, -0.1) is 0 Å². The van der Waals surface area contributed by atoms with Crippen molar-refractivity contribution >= 4 is 28.9 Å². The molecule has 1 aromatic heterocycles. The van der Waals surface area contributed by atoms with Crippen molar-refractivity contribution in [3.8, 4) is 5.75 Å². The van der Waals surface area contributed by atoms with Gasteiger partial charge in [-0.3, -0.25) is 20.0 Å². The number of hydrogen-bond donors (Lipinski definition) is 2. The van der Waals surface area contributed by atoms with E-state index in [2.05, 4.69) is 20.3 Å². The molecule has 2 aromatic rings. The highest BCUT2D eigenvalue weighted by molar-refractivity contribution is 6.32. The summed E-state index contributed by atoms with van der Waals surface area (Å²) in [7, 11) is 0. The number of anilines is 1. The van der Waals surface area contributed by atoms with Gasteiger partial charge in [0.2, 0.25) is 5.69 Å². The summed E-state index contributed by atoms with van der Waals surface area (Å²) in [4.78, 5) is 21.8. The number of nitro groups is 1. The first-order valence-electron chi connectivity index (χ1n) is 5.62. The van der Waals surface area contributed by atoms with Crippen LogP contribution in [0.4, 0.5) is 20.2 Å². The van der Waals surface area contributed by atoms with Crippen molar-refractivity contribution in [2.75, 3.05) is 5.32 Å². The van der Waals surface area contributed by atoms with Gasteiger partial charge in [-0.1, -0.05) is 11.6 Å². The molecule has 0 spiro atoms.